The fraction of sp³-hybridized carbons (Fsp3) is 0.615. The maximum Gasteiger partial charge on any atom is 0.297 e. The third kappa shape index (κ3) is 7.18. The number of sulfonamides is 1. The van der Waals surface area contributed by atoms with Crippen molar-refractivity contribution in [2.45, 2.75) is 134 Å². The molecule has 0 radical (unpaired) electrons. The summed E-state index contributed by atoms with van der Waals surface area (Å²) in [5, 5.41) is 2.95. The molecule has 1 saturated heterocycles. The third-order valence-electron chi connectivity index (χ3n) is 11.7. The molecule has 12 nitrogen and oxygen atoms in total. The Balaban J connectivity index is 1.19. The molecule has 3 fully saturated rings. The number of hydrogen-bond donors (Lipinski definition) is 2. The number of Topliss-reactive ketones (excluding diaryl/α,β-unsaturated/α-hetero) is 1. The number of carbonyl (C=O) groups excluding carboxylic acids is 3. The molecule has 2 aliphatic heterocycles. The Morgan fingerprint density at radius 3 is 2.58 bits per heavy atom. The fourth-order valence-electron chi connectivity index (χ4n) is 7.86. The number of para-hydroxylation sites is 1. The molecule has 2 amide bonds. The Kier molecular flexibility index (Phi) is 10.1. The lowest BCUT2D eigenvalue weighted by atomic mass is 9.91. The lowest BCUT2D eigenvalue weighted by Gasteiger charge is -2.27. The average molecular weight is 765 g/mol. The van der Waals surface area contributed by atoms with Crippen LogP contribution in [0.15, 0.2) is 35.7 Å². The maximum absolute atomic E-state index is 14.4. The van der Waals surface area contributed by atoms with Gasteiger partial charge in [0.05, 0.1) is 40.0 Å². The van der Waals surface area contributed by atoms with Crippen molar-refractivity contribution in [2.75, 3.05) is 6.54 Å². The number of thiazole rings is 1. The monoisotopic (exact) mass is 764 g/mol. The molecule has 0 spiro atoms. The number of ether oxygens (including phenoxy) is 1. The van der Waals surface area contributed by atoms with E-state index in [1.807, 2.05) is 34.9 Å². The Hall–Kier alpha value is -3.62. The van der Waals surface area contributed by atoms with Crippen LogP contribution < -0.4 is 15.2 Å². The summed E-state index contributed by atoms with van der Waals surface area (Å²) in [4.78, 5) is 53.7. The highest BCUT2D eigenvalue weighted by Crippen LogP contribution is 2.57. The molecule has 4 aliphatic rings. The quantitative estimate of drug-likeness (QED) is 0.261. The van der Waals surface area contributed by atoms with Gasteiger partial charge >= 0.3 is 0 Å². The molecule has 5 atom stereocenters. The Morgan fingerprint density at radius 2 is 1.89 bits per heavy atom. The molecule has 3 N–H and O–H groups in total. The Morgan fingerprint density at radius 1 is 1.11 bits per heavy atom. The van der Waals surface area contributed by atoms with Crippen molar-refractivity contribution in [1.29, 1.82) is 0 Å². The number of carbonyl (C=O) groups is 3. The topological polar surface area (TPSA) is 167 Å². The van der Waals surface area contributed by atoms with Crippen LogP contribution in [0.2, 0.25) is 0 Å². The summed E-state index contributed by atoms with van der Waals surface area (Å²) in [6, 6.07) is 4.73. The van der Waals surface area contributed by atoms with Gasteiger partial charge in [-0.15, -0.1) is 11.3 Å². The van der Waals surface area contributed by atoms with Gasteiger partial charge in [-0.05, 0) is 83.3 Å². The lowest BCUT2D eigenvalue weighted by molar-refractivity contribution is -0.140. The third-order valence-corrected chi connectivity index (χ3v) is 14.8. The molecular weight excluding hydrogens is 713 g/mol. The SMILES string of the molecule is CC(C)c1csc(-c2cccc3c2nc(O[C@@H]2C[C@H]4C(=O)C[C@]5(C(=O)NS(=O)(=O)C6(C)CC6)C[C@H]5/C=C\CCCCC[C@H](N)C(=O)N4C2)n3C(C)C)n1. The number of allylic oxidation sites excluding steroid dienone is 2. The van der Waals surface area contributed by atoms with E-state index in [9.17, 15) is 22.8 Å². The summed E-state index contributed by atoms with van der Waals surface area (Å²) in [7, 11) is -3.90. The number of nitrogens with one attached hydrogen (secondary N) is 1. The van der Waals surface area contributed by atoms with Crippen LogP contribution >= 0.6 is 11.3 Å². The first-order valence-electron chi connectivity index (χ1n) is 19.1. The van der Waals surface area contributed by atoms with Crippen molar-refractivity contribution in [3.8, 4) is 16.6 Å². The van der Waals surface area contributed by atoms with Crippen molar-refractivity contribution in [3.05, 3.63) is 41.4 Å². The highest BCUT2D eigenvalue weighted by Gasteiger charge is 2.62. The van der Waals surface area contributed by atoms with Gasteiger partial charge in [0.15, 0.2) is 5.78 Å². The number of imidazole rings is 1. The zero-order chi connectivity index (χ0) is 37.9. The summed E-state index contributed by atoms with van der Waals surface area (Å²) in [6.07, 6.45) is 8.64. The highest BCUT2D eigenvalue weighted by atomic mass is 32.2. The number of nitrogens with two attached hydrogens (primary N) is 1. The number of hydrogen-bond acceptors (Lipinski definition) is 10. The number of fused-ring (bicyclic) bond motifs is 3. The minimum atomic E-state index is -3.90. The van der Waals surface area contributed by atoms with E-state index >= 15 is 0 Å². The van der Waals surface area contributed by atoms with Crippen molar-refractivity contribution in [1.82, 2.24) is 24.2 Å². The van der Waals surface area contributed by atoms with Crippen LogP contribution in [0.4, 0.5) is 0 Å². The Bertz CT molecular complexity index is 2050. The van der Waals surface area contributed by atoms with Crippen molar-refractivity contribution in [3.63, 3.8) is 0 Å². The Labute approximate surface area is 316 Å². The number of nitrogens with zero attached hydrogens (tertiary/aromatic N) is 4. The summed E-state index contributed by atoms with van der Waals surface area (Å²) >= 11 is 1.58. The number of rotatable bonds is 8. The lowest BCUT2D eigenvalue weighted by Crippen LogP contribution is -2.50. The van der Waals surface area contributed by atoms with Crippen molar-refractivity contribution < 1.29 is 27.5 Å². The van der Waals surface area contributed by atoms with E-state index in [1.165, 1.54) is 4.90 Å². The van der Waals surface area contributed by atoms with Gasteiger partial charge in [0.1, 0.15) is 16.6 Å². The molecule has 0 bridgehead atoms. The van der Waals surface area contributed by atoms with E-state index in [1.54, 1.807) is 18.3 Å². The predicted octanol–water partition coefficient (Wildman–Crippen LogP) is 6.02. The van der Waals surface area contributed by atoms with Crippen LogP contribution in [-0.2, 0) is 24.4 Å². The molecule has 2 saturated carbocycles. The second kappa shape index (κ2) is 14.2. The normalized spacial score (nSPS) is 28.3. The zero-order valence-electron chi connectivity index (χ0n) is 31.3. The summed E-state index contributed by atoms with van der Waals surface area (Å²) in [5.74, 6) is -1.22. The van der Waals surface area contributed by atoms with Crippen LogP contribution in [0.3, 0.4) is 0 Å². The first-order valence-corrected chi connectivity index (χ1v) is 21.5. The van der Waals surface area contributed by atoms with Gasteiger partial charge in [0.25, 0.3) is 6.01 Å². The molecule has 2 aliphatic carbocycles. The van der Waals surface area contributed by atoms with Crippen LogP contribution in [0, 0.1) is 11.3 Å². The fourth-order valence-corrected chi connectivity index (χ4v) is 10.2. The first-order chi connectivity index (χ1) is 25.1. The number of ketones is 1. The van der Waals surface area contributed by atoms with Gasteiger partial charge in [0, 0.05) is 29.8 Å². The number of amides is 2. The molecule has 286 valence electrons. The van der Waals surface area contributed by atoms with E-state index in [4.69, 9.17) is 20.4 Å². The zero-order valence-corrected chi connectivity index (χ0v) is 33.0. The molecule has 14 heteroatoms. The molecule has 1 aromatic carbocycles. The van der Waals surface area contributed by atoms with Gasteiger partial charge in [-0.3, -0.25) is 23.7 Å². The molecule has 2 aromatic heterocycles. The standard InChI is InChI=1S/C39H52N6O6S2/c1-23(2)29-22-52-34(41-29)27-13-11-15-30-33(27)42-37(45(30)24(3)4)51-26-18-31-32(46)20-39(36(48)43-53(49,50)38(5)16-17-38)19-25(39)12-9-7-6-8-10-14-28(40)35(47)44(31)21-26/h9,11-13,15,22-26,28,31H,6-8,10,14,16-21,40H2,1-5H3,(H,43,48)/b12-9-/t25-,26-,28+,31+,39-/m1/s1. The maximum atomic E-state index is 14.4. The molecule has 4 heterocycles. The second-order valence-corrected chi connectivity index (χ2v) is 19.5. The van der Waals surface area contributed by atoms with Crippen molar-refractivity contribution >= 4 is 50.0 Å². The van der Waals surface area contributed by atoms with Crippen LogP contribution in [0.5, 0.6) is 6.01 Å². The van der Waals surface area contributed by atoms with E-state index in [0.29, 0.717) is 37.6 Å². The molecular formula is C39H52N6O6S2. The van der Waals surface area contributed by atoms with Crippen LogP contribution in [-0.4, -0.2) is 74.9 Å². The van der Waals surface area contributed by atoms with Crippen LogP contribution in [0.25, 0.3) is 21.6 Å². The summed E-state index contributed by atoms with van der Waals surface area (Å²) in [6.45, 7) is 10.1. The number of benzene rings is 1. The minimum absolute atomic E-state index is 0.0104. The van der Waals surface area contributed by atoms with E-state index < -0.39 is 44.3 Å². The molecule has 3 aromatic rings. The van der Waals surface area contributed by atoms with E-state index in [0.717, 1.165) is 53.0 Å². The number of aromatic nitrogens is 3. The predicted molar refractivity (Wildman–Crippen MR) is 205 cm³/mol. The van der Waals surface area contributed by atoms with Gasteiger partial charge < -0.3 is 15.4 Å². The van der Waals surface area contributed by atoms with Gasteiger partial charge in [0.2, 0.25) is 21.8 Å². The van der Waals surface area contributed by atoms with Gasteiger partial charge in [-0.1, -0.05) is 44.9 Å². The molecule has 7 rings (SSSR count). The largest absolute Gasteiger partial charge is 0.459 e. The minimum Gasteiger partial charge on any atom is -0.459 e. The van der Waals surface area contributed by atoms with E-state index in [2.05, 4.69) is 37.8 Å². The first kappa shape index (κ1) is 37.7. The average Bonchev–Trinajstić information content (AvgIpc) is 3.77. The van der Waals surface area contributed by atoms with E-state index in [-0.39, 0.29) is 43.0 Å². The smallest absolute Gasteiger partial charge is 0.297 e. The summed E-state index contributed by atoms with van der Waals surface area (Å²) < 4.78 is 36.3. The molecule has 53 heavy (non-hydrogen) atoms. The highest BCUT2D eigenvalue weighted by molar-refractivity contribution is 7.91. The second-order valence-electron chi connectivity index (χ2n) is 16.4. The molecule has 0 unspecified atom stereocenters. The summed E-state index contributed by atoms with van der Waals surface area (Å²) in [5.41, 5.74) is 8.87. The van der Waals surface area contributed by atoms with Crippen molar-refractivity contribution in [2.24, 2.45) is 17.1 Å². The van der Waals surface area contributed by atoms with Crippen LogP contribution in [0.1, 0.15) is 116 Å². The van der Waals surface area contributed by atoms with Gasteiger partial charge in [-0.2, -0.15) is 4.98 Å². The van der Waals surface area contributed by atoms with Gasteiger partial charge in [-0.25, -0.2) is 13.4 Å².